The first-order chi connectivity index (χ1) is 17.6. The second-order valence-corrected chi connectivity index (χ2v) is 9.43. The molecule has 5 rings (SSSR count). The van der Waals surface area contributed by atoms with Gasteiger partial charge in [0.2, 0.25) is 0 Å². The van der Waals surface area contributed by atoms with E-state index in [0.29, 0.717) is 37.8 Å². The Morgan fingerprint density at radius 3 is 2.61 bits per heavy atom. The Bertz CT molecular complexity index is 1630. The Hall–Kier alpha value is -4.16. The number of nitriles is 1. The van der Waals surface area contributed by atoms with Crippen LogP contribution in [0, 0.1) is 11.3 Å². The third-order valence-corrected chi connectivity index (χ3v) is 7.29. The predicted octanol–water partition coefficient (Wildman–Crippen LogP) is 2.79. The molecule has 0 atom stereocenters. The van der Waals surface area contributed by atoms with E-state index < -0.39 is 0 Å². The molecule has 0 amide bonds. The molecule has 36 heavy (non-hydrogen) atoms. The summed E-state index contributed by atoms with van der Waals surface area (Å²) in [5.74, 6) is 2.58. The summed E-state index contributed by atoms with van der Waals surface area (Å²) in [6.07, 6.45) is 5.81. The van der Waals surface area contributed by atoms with Crippen molar-refractivity contribution in [1.29, 1.82) is 5.26 Å². The summed E-state index contributed by atoms with van der Waals surface area (Å²) in [6, 6.07) is 17.2. The molecule has 2 aromatic carbocycles. The number of methoxy groups -OCH3 is 2. The van der Waals surface area contributed by atoms with Crippen molar-refractivity contribution < 1.29 is 9.47 Å². The maximum absolute atomic E-state index is 13.7. The van der Waals surface area contributed by atoms with Gasteiger partial charge in [-0.05, 0) is 48.7 Å². The highest BCUT2D eigenvalue weighted by molar-refractivity contribution is 7.07. The Morgan fingerprint density at radius 1 is 1.06 bits per heavy atom. The van der Waals surface area contributed by atoms with Crippen LogP contribution in [0.25, 0.3) is 17.3 Å². The molecule has 0 saturated heterocycles. The highest BCUT2D eigenvalue weighted by atomic mass is 32.1. The third-order valence-electron chi connectivity index (χ3n) is 6.20. The molecule has 0 radical (unpaired) electrons. The van der Waals surface area contributed by atoms with Gasteiger partial charge in [0.15, 0.2) is 17.3 Å². The maximum atomic E-state index is 13.7. The summed E-state index contributed by atoms with van der Waals surface area (Å²) in [6.45, 7) is 0.758. The van der Waals surface area contributed by atoms with Crippen molar-refractivity contribution in [3.8, 4) is 23.3 Å². The van der Waals surface area contributed by atoms with Crippen LogP contribution >= 0.6 is 11.3 Å². The van der Waals surface area contributed by atoms with Crippen LogP contribution in [-0.4, -0.2) is 33.6 Å². The number of nitrogens with zero attached hydrogens (tertiary/aromatic N) is 5. The minimum atomic E-state index is -0.209. The number of para-hydroxylation sites is 1. The lowest BCUT2D eigenvalue weighted by atomic mass is 10.2. The van der Waals surface area contributed by atoms with E-state index in [9.17, 15) is 10.1 Å². The fourth-order valence-electron chi connectivity index (χ4n) is 4.42. The number of aryl methyl sites for hydroxylation is 1. The smallest absolute Gasteiger partial charge is 0.273 e. The summed E-state index contributed by atoms with van der Waals surface area (Å²) >= 11 is 1.27. The number of rotatable bonds is 5. The zero-order chi connectivity index (χ0) is 25.1. The van der Waals surface area contributed by atoms with Crippen LogP contribution in [0.15, 0.2) is 53.3 Å². The van der Waals surface area contributed by atoms with E-state index in [1.165, 1.54) is 11.3 Å². The van der Waals surface area contributed by atoms with Gasteiger partial charge in [0, 0.05) is 13.0 Å². The summed E-state index contributed by atoms with van der Waals surface area (Å²) in [7, 11) is 3.15. The summed E-state index contributed by atoms with van der Waals surface area (Å²) in [4.78, 5) is 13.7. The van der Waals surface area contributed by atoms with E-state index in [1.807, 2.05) is 47.0 Å². The standard InChI is InChI=1S/C27H25N5O3S/c1-34-21-13-12-18(15-22(21)35-2)16-23-26(33)32(19-9-5-3-6-10-19)27(36-23)20(17-28)25-30-29-24-11-7-4-8-14-31(24)25/h3,5-6,9-10,12-13,15-16H,4,7-8,11,14H2,1-2H3. The monoisotopic (exact) mass is 499 g/mol. The molecule has 2 aromatic heterocycles. The zero-order valence-electron chi connectivity index (χ0n) is 20.1. The van der Waals surface area contributed by atoms with Gasteiger partial charge in [0.1, 0.15) is 22.1 Å². The number of hydrogen-bond acceptors (Lipinski definition) is 7. The molecule has 4 aromatic rings. The second-order valence-electron chi connectivity index (χ2n) is 8.40. The third kappa shape index (κ3) is 4.32. The highest BCUT2D eigenvalue weighted by Crippen LogP contribution is 2.27. The van der Waals surface area contributed by atoms with Crippen molar-refractivity contribution in [3.05, 3.63) is 85.3 Å². The van der Waals surface area contributed by atoms with Gasteiger partial charge in [-0.1, -0.05) is 30.7 Å². The Kier molecular flexibility index (Phi) is 6.69. The average Bonchev–Trinajstić information content (AvgIpc) is 3.35. The molecule has 0 aliphatic carbocycles. The molecular weight excluding hydrogens is 474 g/mol. The first-order valence-corrected chi connectivity index (χ1v) is 12.5. The van der Waals surface area contributed by atoms with E-state index in [-0.39, 0.29) is 5.56 Å². The van der Waals surface area contributed by atoms with E-state index >= 15 is 0 Å². The normalized spacial score (nSPS) is 14.5. The number of benzene rings is 2. The molecule has 1 aliphatic heterocycles. The molecule has 0 saturated carbocycles. The Balaban J connectivity index is 1.79. The van der Waals surface area contributed by atoms with Gasteiger partial charge >= 0.3 is 0 Å². The number of ether oxygens (including phenoxy) is 2. The molecule has 0 bridgehead atoms. The molecule has 8 nitrogen and oxygen atoms in total. The van der Waals surface area contributed by atoms with Gasteiger partial charge in [-0.25, -0.2) is 0 Å². The van der Waals surface area contributed by atoms with E-state index in [1.54, 1.807) is 30.9 Å². The molecule has 0 spiro atoms. The lowest BCUT2D eigenvalue weighted by molar-refractivity contribution is 0.355. The van der Waals surface area contributed by atoms with Crippen molar-refractivity contribution in [3.63, 3.8) is 0 Å². The Morgan fingerprint density at radius 2 is 1.86 bits per heavy atom. The second kappa shape index (κ2) is 10.2. The van der Waals surface area contributed by atoms with Gasteiger partial charge in [-0.3, -0.25) is 9.36 Å². The van der Waals surface area contributed by atoms with Crippen molar-refractivity contribution in [2.45, 2.75) is 32.2 Å². The van der Waals surface area contributed by atoms with Gasteiger partial charge in [0.25, 0.3) is 5.56 Å². The number of aromatic nitrogens is 4. The van der Waals surface area contributed by atoms with Crippen molar-refractivity contribution >= 4 is 23.0 Å². The molecule has 1 aliphatic rings. The highest BCUT2D eigenvalue weighted by Gasteiger charge is 2.21. The van der Waals surface area contributed by atoms with E-state index in [4.69, 9.17) is 9.47 Å². The van der Waals surface area contributed by atoms with Gasteiger partial charge < -0.3 is 14.0 Å². The van der Waals surface area contributed by atoms with E-state index in [2.05, 4.69) is 16.3 Å². The molecule has 0 unspecified atom stereocenters. The quantitative estimate of drug-likeness (QED) is 0.419. The average molecular weight is 500 g/mol. The molecular formula is C27H25N5O3S. The number of thiazole rings is 1. The zero-order valence-corrected chi connectivity index (χ0v) is 20.9. The maximum Gasteiger partial charge on any atom is 0.273 e. The van der Waals surface area contributed by atoms with Crippen LogP contribution in [0.5, 0.6) is 11.5 Å². The first-order valence-electron chi connectivity index (χ1n) is 11.7. The van der Waals surface area contributed by atoms with Crippen LogP contribution in [-0.2, 0) is 13.0 Å². The van der Waals surface area contributed by atoms with Crippen LogP contribution in [0.4, 0.5) is 0 Å². The summed E-state index contributed by atoms with van der Waals surface area (Å²) < 4.78 is 15.4. The van der Waals surface area contributed by atoms with Crippen LogP contribution < -0.4 is 24.2 Å². The topological polar surface area (TPSA) is 95.0 Å². The fourth-order valence-corrected chi connectivity index (χ4v) is 5.52. The van der Waals surface area contributed by atoms with Crippen molar-refractivity contribution in [2.24, 2.45) is 0 Å². The van der Waals surface area contributed by atoms with Crippen LogP contribution in [0.1, 0.15) is 36.5 Å². The molecule has 9 heteroatoms. The minimum absolute atomic E-state index is 0.209. The number of fused-ring (bicyclic) bond motifs is 1. The van der Waals surface area contributed by atoms with Crippen molar-refractivity contribution in [2.75, 3.05) is 14.2 Å². The molecule has 0 N–H and O–H groups in total. The van der Waals surface area contributed by atoms with Gasteiger partial charge in [-0.2, -0.15) is 5.26 Å². The van der Waals surface area contributed by atoms with Crippen molar-refractivity contribution in [1.82, 2.24) is 19.3 Å². The first kappa shape index (κ1) is 23.6. The molecule has 3 heterocycles. The Labute approximate surface area is 212 Å². The van der Waals surface area contributed by atoms with Gasteiger partial charge in [0.05, 0.1) is 24.4 Å². The van der Waals surface area contributed by atoms with E-state index in [0.717, 1.165) is 43.6 Å². The lowest BCUT2D eigenvalue weighted by Crippen LogP contribution is -2.31. The summed E-state index contributed by atoms with van der Waals surface area (Å²) in [5, 5.41) is 19.1. The van der Waals surface area contributed by atoms with Gasteiger partial charge in [-0.15, -0.1) is 21.5 Å². The van der Waals surface area contributed by atoms with Crippen LogP contribution in [0.3, 0.4) is 0 Å². The molecule has 182 valence electrons. The lowest BCUT2D eigenvalue weighted by Gasteiger charge is -2.07. The molecule has 0 fully saturated rings. The predicted molar refractivity (Wildman–Crippen MR) is 138 cm³/mol. The SMILES string of the molecule is COc1ccc(C=c2sc(=C(C#N)c3nnc4n3CCCCC4)n(-c3ccccc3)c2=O)cc1OC. The number of hydrogen-bond donors (Lipinski definition) is 0. The largest absolute Gasteiger partial charge is 0.493 e. The fraction of sp³-hybridized carbons (Fsp3) is 0.259. The minimum Gasteiger partial charge on any atom is -0.493 e. The summed E-state index contributed by atoms with van der Waals surface area (Å²) in [5.41, 5.74) is 1.60. The van der Waals surface area contributed by atoms with Crippen LogP contribution in [0.2, 0.25) is 0 Å².